The van der Waals surface area contributed by atoms with E-state index in [4.69, 9.17) is 5.73 Å². The maximum atomic E-state index is 13.2. The van der Waals surface area contributed by atoms with Crippen molar-refractivity contribution in [2.24, 2.45) is 11.7 Å². The number of piperidine rings is 1. The van der Waals surface area contributed by atoms with Crippen LogP contribution in [0.25, 0.3) is 10.6 Å². The number of likely N-dealkylation sites (tertiary alicyclic amines) is 1. The van der Waals surface area contributed by atoms with Crippen molar-refractivity contribution in [3.63, 3.8) is 0 Å². The topological polar surface area (TPSA) is 88.3 Å². The van der Waals surface area contributed by atoms with Gasteiger partial charge in [-0.3, -0.25) is 9.59 Å². The van der Waals surface area contributed by atoms with Crippen molar-refractivity contribution in [1.82, 2.24) is 9.88 Å². The summed E-state index contributed by atoms with van der Waals surface area (Å²) in [5.74, 6) is -0.685. The zero-order chi connectivity index (χ0) is 23.4. The molecule has 1 aliphatic rings. The Kier molecular flexibility index (Phi) is 7.15. The Bertz CT molecular complexity index is 1120. The minimum absolute atomic E-state index is 0.0121. The summed E-state index contributed by atoms with van der Waals surface area (Å²) in [5, 5.41) is 3.63. The molecule has 1 aromatic heterocycles. The molecule has 0 saturated carbocycles. The summed E-state index contributed by atoms with van der Waals surface area (Å²) in [5.41, 5.74) is 8.75. The number of halogens is 1. The van der Waals surface area contributed by atoms with Crippen molar-refractivity contribution >= 4 is 28.8 Å². The van der Waals surface area contributed by atoms with E-state index in [0.717, 1.165) is 50.1 Å². The number of hydrogen-bond acceptors (Lipinski definition) is 5. The van der Waals surface area contributed by atoms with E-state index in [1.807, 2.05) is 24.3 Å². The quantitative estimate of drug-likeness (QED) is 0.545. The fourth-order valence-electron chi connectivity index (χ4n) is 3.99. The van der Waals surface area contributed by atoms with E-state index in [2.05, 4.69) is 15.2 Å². The van der Waals surface area contributed by atoms with E-state index in [-0.39, 0.29) is 23.5 Å². The molecule has 172 valence electrons. The lowest BCUT2D eigenvalue weighted by molar-refractivity contribution is -0.123. The fraction of sp³-hybridized carbons (Fsp3) is 0.320. The maximum absolute atomic E-state index is 13.2. The Hall–Kier alpha value is -3.10. The van der Waals surface area contributed by atoms with Gasteiger partial charge in [-0.15, -0.1) is 11.3 Å². The summed E-state index contributed by atoms with van der Waals surface area (Å²) in [6, 6.07) is 14.0. The first-order valence-electron chi connectivity index (χ1n) is 11.0. The molecule has 2 heterocycles. The van der Waals surface area contributed by atoms with Crippen LogP contribution in [0, 0.1) is 18.7 Å². The number of carbonyl (C=O) groups is 2. The first-order chi connectivity index (χ1) is 15.9. The standard InChI is InChI=1S/C25H27FN4O2S/c1-16-22(33-25(28-16)19-4-6-20(26)7-5-19)24(32)29-21-8-2-17(3-9-21)10-13-30-14-11-18(12-15-30)23(27)31/h2-9,18H,10-15H2,1H3,(H2,27,31)(H,29,32). The Labute approximate surface area is 196 Å². The third-order valence-corrected chi connectivity index (χ3v) is 7.22. The number of nitrogens with one attached hydrogen (secondary N) is 1. The highest BCUT2D eigenvalue weighted by Crippen LogP contribution is 2.28. The lowest BCUT2D eigenvalue weighted by Crippen LogP contribution is -2.39. The van der Waals surface area contributed by atoms with Gasteiger partial charge in [0.2, 0.25) is 5.91 Å². The highest BCUT2D eigenvalue weighted by atomic mass is 32.1. The van der Waals surface area contributed by atoms with E-state index in [1.165, 1.54) is 29.0 Å². The van der Waals surface area contributed by atoms with Gasteiger partial charge < -0.3 is 16.0 Å². The van der Waals surface area contributed by atoms with Crippen molar-refractivity contribution in [2.75, 3.05) is 25.0 Å². The van der Waals surface area contributed by atoms with Crippen molar-refractivity contribution in [3.8, 4) is 10.6 Å². The zero-order valence-corrected chi connectivity index (χ0v) is 19.3. The molecule has 0 aliphatic carbocycles. The molecule has 4 rings (SSSR count). The zero-order valence-electron chi connectivity index (χ0n) is 18.5. The second-order valence-corrected chi connectivity index (χ2v) is 9.36. The number of aryl methyl sites for hydroxylation is 1. The molecular weight excluding hydrogens is 439 g/mol. The van der Waals surface area contributed by atoms with E-state index in [9.17, 15) is 14.0 Å². The predicted octanol–water partition coefficient (Wildman–Crippen LogP) is 4.25. The van der Waals surface area contributed by atoms with Crippen LogP contribution in [-0.2, 0) is 11.2 Å². The van der Waals surface area contributed by atoms with E-state index in [1.54, 1.807) is 19.1 Å². The third-order valence-electron chi connectivity index (χ3n) is 6.01. The summed E-state index contributed by atoms with van der Waals surface area (Å²) in [7, 11) is 0. The fourth-order valence-corrected chi connectivity index (χ4v) is 4.96. The minimum atomic E-state index is -0.305. The SMILES string of the molecule is Cc1nc(-c2ccc(F)cc2)sc1C(=O)Nc1ccc(CCN2CCC(C(N)=O)CC2)cc1. The first kappa shape index (κ1) is 23.1. The summed E-state index contributed by atoms with van der Waals surface area (Å²) in [4.78, 5) is 31.5. The van der Waals surface area contributed by atoms with E-state index in [0.29, 0.717) is 15.6 Å². The number of nitrogens with zero attached hydrogens (tertiary/aromatic N) is 2. The number of thiazole rings is 1. The molecule has 1 saturated heterocycles. The predicted molar refractivity (Wildman–Crippen MR) is 129 cm³/mol. The molecule has 0 radical (unpaired) electrons. The Balaban J connectivity index is 1.31. The van der Waals surface area contributed by atoms with Gasteiger partial charge in [0, 0.05) is 23.7 Å². The number of amides is 2. The van der Waals surface area contributed by atoms with Crippen LogP contribution in [0.15, 0.2) is 48.5 Å². The lowest BCUT2D eigenvalue weighted by Gasteiger charge is -2.30. The monoisotopic (exact) mass is 466 g/mol. The maximum Gasteiger partial charge on any atom is 0.267 e. The number of hydrogen-bond donors (Lipinski definition) is 2. The van der Waals surface area contributed by atoms with Crippen LogP contribution in [0.2, 0.25) is 0 Å². The molecule has 1 aliphatic heterocycles. The van der Waals surface area contributed by atoms with Crippen LogP contribution < -0.4 is 11.1 Å². The number of carbonyl (C=O) groups excluding carboxylic acids is 2. The molecule has 8 heteroatoms. The van der Waals surface area contributed by atoms with Gasteiger partial charge in [-0.2, -0.15) is 0 Å². The van der Waals surface area contributed by atoms with Crippen LogP contribution in [0.5, 0.6) is 0 Å². The molecule has 1 fully saturated rings. The molecule has 0 bridgehead atoms. The van der Waals surface area contributed by atoms with Gasteiger partial charge in [-0.1, -0.05) is 12.1 Å². The smallest absolute Gasteiger partial charge is 0.267 e. The number of anilines is 1. The van der Waals surface area contributed by atoms with Gasteiger partial charge >= 0.3 is 0 Å². The van der Waals surface area contributed by atoms with Gasteiger partial charge in [-0.05, 0) is 81.2 Å². The molecular formula is C25H27FN4O2S. The molecule has 2 amide bonds. The van der Waals surface area contributed by atoms with Gasteiger partial charge in [-0.25, -0.2) is 9.37 Å². The van der Waals surface area contributed by atoms with Crippen LogP contribution >= 0.6 is 11.3 Å². The van der Waals surface area contributed by atoms with Crippen LogP contribution in [-0.4, -0.2) is 41.3 Å². The number of benzene rings is 2. The normalized spacial score (nSPS) is 14.8. The summed E-state index contributed by atoms with van der Waals surface area (Å²) in [6.45, 7) is 4.53. The van der Waals surface area contributed by atoms with Gasteiger partial charge in [0.25, 0.3) is 5.91 Å². The molecule has 6 nitrogen and oxygen atoms in total. The Morgan fingerprint density at radius 3 is 2.42 bits per heavy atom. The van der Waals surface area contributed by atoms with E-state index >= 15 is 0 Å². The molecule has 33 heavy (non-hydrogen) atoms. The molecule has 0 spiro atoms. The highest BCUT2D eigenvalue weighted by Gasteiger charge is 2.22. The summed E-state index contributed by atoms with van der Waals surface area (Å²) >= 11 is 1.29. The second-order valence-electron chi connectivity index (χ2n) is 8.36. The van der Waals surface area contributed by atoms with E-state index < -0.39 is 0 Å². The Morgan fingerprint density at radius 1 is 1.12 bits per heavy atom. The van der Waals surface area contributed by atoms with Crippen molar-refractivity contribution in [1.29, 1.82) is 0 Å². The average Bonchev–Trinajstić information content (AvgIpc) is 3.21. The van der Waals surface area contributed by atoms with Crippen LogP contribution in [0.4, 0.5) is 10.1 Å². The van der Waals surface area contributed by atoms with Crippen molar-refractivity contribution in [3.05, 3.63) is 70.5 Å². The molecule has 0 unspecified atom stereocenters. The molecule has 2 aromatic carbocycles. The third kappa shape index (κ3) is 5.83. The number of nitrogens with two attached hydrogens (primary N) is 1. The molecule has 3 aromatic rings. The number of primary amides is 1. The van der Waals surface area contributed by atoms with Gasteiger partial charge in [0.15, 0.2) is 0 Å². The van der Waals surface area contributed by atoms with Crippen LogP contribution in [0.1, 0.15) is 33.8 Å². The number of aromatic nitrogens is 1. The summed E-state index contributed by atoms with van der Waals surface area (Å²) < 4.78 is 13.2. The first-order valence-corrected chi connectivity index (χ1v) is 11.9. The highest BCUT2D eigenvalue weighted by molar-refractivity contribution is 7.17. The average molecular weight is 467 g/mol. The van der Waals surface area contributed by atoms with Gasteiger partial charge in [0.05, 0.1) is 5.69 Å². The van der Waals surface area contributed by atoms with Crippen molar-refractivity contribution in [2.45, 2.75) is 26.2 Å². The second kappa shape index (κ2) is 10.2. The summed E-state index contributed by atoms with van der Waals surface area (Å²) in [6.07, 6.45) is 2.57. The van der Waals surface area contributed by atoms with Crippen LogP contribution in [0.3, 0.4) is 0 Å². The minimum Gasteiger partial charge on any atom is -0.369 e. The lowest BCUT2D eigenvalue weighted by atomic mass is 9.96. The molecule has 0 atom stereocenters. The Morgan fingerprint density at radius 2 is 1.79 bits per heavy atom. The number of rotatable bonds is 7. The largest absolute Gasteiger partial charge is 0.369 e. The molecule has 3 N–H and O–H groups in total. The van der Waals surface area contributed by atoms with Crippen molar-refractivity contribution < 1.29 is 14.0 Å². The van der Waals surface area contributed by atoms with Gasteiger partial charge in [0.1, 0.15) is 15.7 Å².